The number of halogens is 1. The summed E-state index contributed by atoms with van der Waals surface area (Å²) >= 11 is 1.96. The molecule has 0 spiro atoms. The van der Waals surface area contributed by atoms with Gasteiger partial charge in [0.2, 0.25) is 17.7 Å². The van der Waals surface area contributed by atoms with E-state index >= 15 is 0 Å². The molecule has 0 saturated carbocycles. The van der Waals surface area contributed by atoms with Gasteiger partial charge in [-0.25, -0.2) is 0 Å². The highest BCUT2D eigenvalue weighted by atomic mass is 127. The molecule has 0 aliphatic carbocycles. The van der Waals surface area contributed by atoms with Gasteiger partial charge in [0.15, 0.2) is 0 Å². The molecule has 0 heterocycles. The monoisotopic (exact) mass is 580 g/mol. The van der Waals surface area contributed by atoms with Gasteiger partial charge in [0.05, 0.1) is 11.0 Å². The second-order valence-corrected chi connectivity index (χ2v) is 8.79. The van der Waals surface area contributed by atoms with E-state index in [1.807, 2.05) is 22.6 Å². The molecular formula is C24H29IN4O5. The number of anilines is 2. The highest BCUT2D eigenvalue weighted by molar-refractivity contribution is 14.1. The van der Waals surface area contributed by atoms with Crippen molar-refractivity contribution in [3.8, 4) is 0 Å². The maximum Gasteiger partial charge on any atom is 0.251 e. The van der Waals surface area contributed by atoms with Crippen LogP contribution >= 0.6 is 22.6 Å². The van der Waals surface area contributed by atoms with Crippen molar-refractivity contribution in [2.75, 3.05) is 15.1 Å². The van der Waals surface area contributed by atoms with Crippen molar-refractivity contribution >= 4 is 57.6 Å². The lowest BCUT2D eigenvalue weighted by molar-refractivity contribution is -0.128. The second-order valence-electron chi connectivity index (χ2n) is 8.03. The van der Waals surface area contributed by atoms with E-state index in [-0.39, 0.29) is 18.4 Å². The van der Waals surface area contributed by atoms with Crippen molar-refractivity contribution in [3.63, 3.8) is 0 Å². The number of hydrogen-bond donors (Lipinski definition) is 5. The third-order valence-corrected chi connectivity index (χ3v) is 5.64. The van der Waals surface area contributed by atoms with Gasteiger partial charge in [-0.1, -0.05) is 48.6 Å². The predicted octanol–water partition coefficient (Wildman–Crippen LogP) is 2.45. The molecule has 2 aromatic rings. The molecule has 0 bridgehead atoms. The lowest BCUT2D eigenvalue weighted by Gasteiger charge is -2.24. The van der Waals surface area contributed by atoms with Gasteiger partial charge in [-0.05, 0) is 54.8 Å². The zero-order valence-electron chi connectivity index (χ0n) is 19.2. The molecule has 2 rings (SSSR count). The number of carbonyl (C=O) groups is 4. The Labute approximate surface area is 212 Å². The summed E-state index contributed by atoms with van der Waals surface area (Å²) in [6.07, 6.45) is 0. The van der Waals surface area contributed by atoms with Gasteiger partial charge in [-0.15, -0.1) is 0 Å². The fourth-order valence-electron chi connectivity index (χ4n) is 2.97. The Kier molecular flexibility index (Phi) is 10.5. The minimum atomic E-state index is -0.856. The lowest BCUT2D eigenvalue weighted by Crippen LogP contribution is -2.53. The van der Waals surface area contributed by atoms with Crippen molar-refractivity contribution in [2.24, 2.45) is 5.92 Å². The highest BCUT2D eigenvalue weighted by Crippen LogP contribution is 2.12. The number of nitrogens with one attached hydrogen (secondary N) is 4. The molecule has 0 radical (unpaired) electrons. The zero-order valence-corrected chi connectivity index (χ0v) is 21.4. The number of benzene rings is 2. The van der Waals surface area contributed by atoms with Crippen molar-refractivity contribution in [2.45, 2.75) is 39.5 Å². The van der Waals surface area contributed by atoms with E-state index in [1.54, 1.807) is 69.3 Å². The first-order valence-corrected chi connectivity index (χ1v) is 12.2. The Hall–Kier alpha value is -2.99. The summed E-state index contributed by atoms with van der Waals surface area (Å²) in [7, 11) is 0. The van der Waals surface area contributed by atoms with Crippen LogP contribution in [-0.2, 0) is 21.0 Å². The topological polar surface area (TPSA) is 137 Å². The van der Waals surface area contributed by atoms with Gasteiger partial charge in [-0.2, -0.15) is 0 Å². The summed E-state index contributed by atoms with van der Waals surface area (Å²) in [5, 5.41) is 19.9. The Morgan fingerprint density at radius 2 is 1.38 bits per heavy atom. The molecule has 182 valence electrons. The second kappa shape index (κ2) is 13.0. The number of hydrogen-bond acceptors (Lipinski definition) is 5. The van der Waals surface area contributed by atoms with E-state index in [0.717, 1.165) is 5.56 Å². The van der Waals surface area contributed by atoms with Gasteiger partial charge in [-0.3, -0.25) is 19.2 Å². The molecule has 4 amide bonds. The predicted molar refractivity (Wildman–Crippen MR) is 139 cm³/mol. The number of rotatable bonds is 10. The summed E-state index contributed by atoms with van der Waals surface area (Å²) < 4.78 is 0.317. The van der Waals surface area contributed by atoms with Crippen LogP contribution in [0.4, 0.5) is 11.4 Å². The van der Waals surface area contributed by atoms with Gasteiger partial charge >= 0.3 is 0 Å². The first kappa shape index (κ1) is 27.3. The molecule has 0 aliphatic heterocycles. The molecule has 0 fully saturated rings. The summed E-state index contributed by atoms with van der Waals surface area (Å²) in [5.74, 6) is -1.71. The van der Waals surface area contributed by atoms with Gasteiger partial charge in [0.1, 0.15) is 12.1 Å². The zero-order chi connectivity index (χ0) is 25.3. The molecule has 34 heavy (non-hydrogen) atoms. The van der Waals surface area contributed by atoms with E-state index in [0.29, 0.717) is 21.4 Å². The summed E-state index contributed by atoms with van der Waals surface area (Å²) in [6.45, 7) is 5.04. The molecule has 5 N–H and O–H groups in total. The molecule has 2 aromatic carbocycles. The Balaban J connectivity index is 1.97. The van der Waals surface area contributed by atoms with Crippen LogP contribution in [0.25, 0.3) is 0 Å². The van der Waals surface area contributed by atoms with Gasteiger partial charge in [0.25, 0.3) is 5.91 Å². The molecule has 2 atom stereocenters. The molecule has 0 unspecified atom stereocenters. The normalized spacial score (nSPS) is 12.4. The standard InChI is InChI=1S/C24H29IN4O5/c1-14(2)21(29-23(33)17-6-10-18(11-7-17)27-20(31)12-25)24(34)26-15(3)22(32)28-19-8-4-16(13-30)5-9-19/h4-11,14-15,21,30H,12-13H2,1-3H3,(H,26,34)(H,27,31)(H,28,32)(H,29,33)/t15-,21-/m0/s1. The smallest absolute Gasteiger partial charge is 0.251 e. The van der Waals surface area contributed by atoms with Crippen LogP contribution in [0.1, 0.15) is 36.7 Å². The first-order valence-electron chi connectivity index (χ1n) is 10.7. The number of carbonyl (C=O) groups excluding carboxylic acids is 4. The average molecular weight is 580 g/mol. The van der Waals surface area contributed by atoms with E-state index in [2.05, 4.69) is 21.3 Å². The van der Waals surface area contributed by atoms with Gasteiger partial charge in [0, 0.05) is 16.9 Å². The molecule has 9 nitrogen and oxygen atoms in total. The Bertz CT molecular complexity index is 1010. The van der Waals surface area contributed by atoms with E-state index in [9.17, 15) is 19.2 Å². The van der Waals surface area contributed by atoms with Crippen molar-refractivity contribution < 1.29 is 24.3 Å². The SMILES string of the molecule is CC(C)[C@H](NC(=O)c1ccc(NC(=O)CI)cc1)C(=O)N[C@@H](C)C(=O)Nc1ccc(CO)cc1. The van der Waals surface area contributed by atoms with Crippen LogP contribution in [-0.4, -0.2) is 45.2 Å². The lowest BCUT2D eigenvalue weighted by atomic mass is 10.0. The van der Waals surface area contributed by atoms with Crippen LogP contribution in [0.3, 0.4) is 0 Å². The quantitative estimate of drug-likeness (QED) is 0.217. The fourth-order valence-corrected chi connectivity index (χ4v) is 3.16. The summed E-state index contributed by atoms with van der Waals surface area (Å²) in [5.41, 5.74) is 2.16. The molecular weight excluding hydrogens is 551 g/mol. The third-order valence-electron chi connectivity index (χ3n) is 4.94. The number of alkyl halides is 1. The van der Waals surface area contributed by atoms with Crippen molar-refractivity contribution in [3.05, 3.63) is 59.7 Å². The van der Waals surface area contributed by atoms with Crippen LogP contribution in [0.2, 0.25) is 0 Å². The van der Waals surface area contributed by atoms with E-state index < -0.39 is 29.8 Å². The summed E-state index contributed by atoms with van der Waals surface area (Å²) in [6, 6.07) is 11.3. The average Bonchev–Trinajstić information content (AvgIpc) is 2.82. The Morgan fingerprint density at radius 1 is 0.824 bits per heavy atom. The molecule has 0 aromatic heterocycles. The van der Waals surface area contributed by atoms with Crippen LogP contribution in [0, 0.1) is 5.92 Å². The fraction of sp³-hybridized carbons (Fsp3) is 0.333. The maximum absolute atomic E-state index is 12.8. The van der Waals surface area contributed by atoms with Crippen LogP contribution in [0.15, 0.2) is 48.5 Å². The summed E-state index contributed by atoms with van der Waals surface area (Å²) in [4.78, 5) is 49.5. The maximum atomic E-state index is 12.8. The number of amides is 4. The molecule has 0 saturated heterocycles. The van der Waals surface area contributed by atoms with Crippen molar-refractivity contribution in [1.82, 2.24) is 10.6 Å². The number of aliphatic hydroxyl groups is 1. The minimum absolute atomic E-state index is 0.0950. The van der Waals surface area contributed by atoms with Gasteiger partial charge < -0.3 is 26.4 Å². The third kappa shape index (κ3) is 8.10. The van der Waals surface area contributed by atoms with Crippen LogP contribution < -0.4 is 21.3 Å². The largest absolute Gasteiger partial charge is 0.392 e. The number of aliphatic hydroxyl groups excluding tert-OH is 1. The minimum Gasteiger partial charge on any atom is -0.392 e. The first-order chi connectivity index (χ1) is 16.1. The Morgan fingerprint density at radius 3 is 1.91 bits per heavy atom. The highest BCUT2D eigenvalue weighted by Gasteiger charge is 2.27. The molecule has 0 aliphatic rings. The van der Waals surface area contributed by atoms with E-state index in [4.69, 9.17) is 5.11 Å². The van der Waals surface area contributed by atoms with Crippen molar-refractivity contribution in [1.29, 1.82) is 0 Å². The molecule has 10 heteroatoms. The van der Waals surface area contributed by atoms with E-state index in [1.165, 1.54) is 0 Å². The van der Waals surface area contributed by atoms with Crippen LogP contribution in [0.5, 0.6) is 0 Å².